The number of hydrogen-bond donors (Lipinski definition) is 1. The summed E-state index contributed by atoms with van der Waals surface area (Å²) in [7, 11) is 0. The average molecular weight is 312 g/mol. The lowest BCUT2D eigenvalue weighted by atomic mass is 9.65. The summed E-state index contributed by atoms with van der Waals surface area (Å²) in [6.07, 6.45) is 2.61. The van der Waals surface area contributed by atoms with Crippen LogP contribution in [0.25, 0.3) is 10.1 Å². The molecule has 4 heterocycles. The summed E-state index contributed by atoms with van der Waals surface area (Å²) < 4.78 is 1.25. The Morgan fingerprint density at radius 1 is 1.14 bits per heavy atom. The first kappa shape index (κ1) is 13.1. The molecule has 22 heavy (non-hydrogen) atoms. The molecule has 4 fully saturated rings. The first-order chi connectivity index (χ1) is 10.8. The molecular formula is C18H20N2OS. The molecule has 1 saturated carbocycles. The van der Waals surface area contributed by atoms with Crippen molar-refractivity contribution in [3.8, 4) is 0 Å². The Labute approximate surface area is 134 Å². The number of thiophene rings is 1. The van der Waals surface area contributed by atoms with Gasteiger partial charge in [0.25, 0.3) is 5.91 Å². The Morgan fingerprint density at radius 2 is 1.95 bits per heavy atom. The molecule has 4 heteroatoms. The van der Waals surface area contributed by atoms with Gasteiger partial charge in [0.2, 0.25) is 0 Å². The number of hydrogen-bond acceptors (Lipinski definition) is 3. The number of amides is 1. The average Bonchev–Trinajstić information content (AvgIpc) is 2.97. The maximum atomic E-state index is 12.7. The molecule has 0 spiro atoms. The van der Waals surface area contributed by atoms with E-state index in [0.717, 1.165) is 11.5 Å². The lowest BCUT2D eigenvalue weighted by molar-refractivity contribution is -0.0418. The number of carbonyl (C=O) groups excluding carboxylic acids is 1. The molecule has 3 nitrogen and oxygen atoms in total. The predicted molar refractivity (Wildman–Crippen MR) is 89.2 cm³/mol. The minimum absolute atomic E-state index is 0.112. The third-order valence-corrected chi connectivity index (χ3v) is 6.70. The third kappa shape index (κ3) is 2.01. The van der Waals surface area contributed by atoms with Gasteiger partial charge >= 0.3 is 0 Å². The van der Waals surface area contributed by atoms with Crippen LogP contribution in [0.4, 0.5) is 0 Å². The van der Waals surface area contributed by atoms with Gasteiger partial charge in [0.05, 0.1) is 0 Å². The van der Waals surface area contributed by atoms with E-state index in [2.05, 4.69) is 27.7 Å². The number of rotatable bonds is 2. The van der Waals surface area contributed by atoms with Gasteiger partial charge in [0, 0.05) is 35.9 Å². The molecule has 4 aliphatic rings. The van der Waals surface area contributed by atoms with Crippen LogP contribution < -0.4 is 5.32 Å². The molecular weight excluding hydrogens is 292 g/mol. The summed E-state index contributed by atoms with van der Waals surface area (Å²) >= 11 is 1.72. The molecule has 3 aliphatic heterocycles. The van der Waals surface area contributed by atoms with Gasteiger partial charge in [-0.15, -0.1) is 11.3 Å². The predicted octanol–water partition coefficient (Wildman–Crippen LogP) is 2.97. The number of carbonyl (C=O) groups is 1. The van der Waals surface area contributed by atoms with Gasteiger partial charge in [0.1, 0.15) is 0 Å². The van der Waals surface area contributed by atoms with Crippen molar-refractivity contribution >= 4 is 27.3 Å². The molecule has 4 bridgehead atoms. The summed E-state index contributed by atoms with van der Waals surface area (Å²) in [5.41, 5.74) is 0.806. The van der Waals surface area contributed by atoms with Crippen molar-refractivity contribution in [2.45, 2.75) is 18.9 Å². The third-order valence-electron chi connectivity index (χ3n) is 5.80. The summed E-state index contributed by atoms with van der Waals surface area (Å²) in [6.45, 7) is 3.66. The van der Waals surface area contributed by atoms with Gasteiger partial charge in [-0.05, 0) is 65.6 Å². The van der Waals surface area contributed by atoms with Crippen LogP contribution in [-0.4, -0.2) is 36.5 Å². The highest BCUT2D eigenvalue weighted by molar-refractivity contribution is 7.17. The van der Waals surface area contributed by atoms with Gasteiger partial charge in [-0.25, -0.2) is 0 Å². The lowest BCUT2D eigenvalue weighted by Gasteiger charge is -2.55. The fourth-order valence-electron chi connectivity index (χ4n) is 4.99. The zero-order valence-electron chi connectivity index (χ0n) is 12.5. The highest BCUT2D eigenvalue weighted by Crippen LogP contribution is 2.43. The van der Waals surface area contributed by atoms with Crippen LogP contribution in [0.1, 0.15) is 23.2 Å². The van der Waals surface area contributed by atoms with Crippen LogP contribution in [0.15, 0.2) is 29.6 Å². The molecule has 6 rings (SSSR count). The minimum atomic E-state index is 0.112. The topological polar surface area (TPSA) is 32.3 Å². The molecule has 1 aromatic heterocycles. The Morgan fingerprint density at radius 3 is 2.73 bits per heavy atom. The molecule has 2 aromatic rings. The number of piperidine rings is 3. The van der Waals surface area contributed by atoms with Crippen molar-refractivity contribution in [1.82, 2.24) is 10.2 Å². The van der Waals surface area contributed by atoms with Crippen molar-refractivity contribution in [3.63, 3.8) is 0 Å². The Kier molecular flexibility index (Phi) is 2.86. The molecule has 1 aromatic carbocycles. The zero-order chi connectivity index (χ0) is 14.7. The van der Waals surface area contributed by atoms with E-state index >= 15 is 0 Å². The van der Waals surface area contributed by atoms with Crippen LogP contribution in [0, 0.1) is 17.8 Å². The van der Waals surface area contributed by atoms with Crippen LogP contribution in [0.5, 0.6) is 0 Å². The van der Waals surface area contributed by atoms with Gasteiger partial charge < -0.3 is 10.2 Å². The number of nitrogens with one attached hydrogen (secondary N) is 1. The van der Waals surface area contributed by atoms with Gasteiger partial charge in [-0.3, -0.25) is 4.79 Å². The molecule has 2 atom stereocenters. The maximum absolute atomic E-state index is 12.7. The fraction of sp³-hybridized carbons (Fsp3) is 0.500. The molecule has 1 N–H and O–H groups in total. The van der Waals surface area contributed by atoms with Gasteiger partial charge in [-0.1, -0.05) is 0 Å². The first-order valence-electron chi connectivity index (χ1n) is 8.27. The summed E-state index contributed by atoms with van der Waals surface area (Å²) in [5.74, 6) is 2.33. The van der Waals surface area contributed by atoms with E-state index in [-0.39, 0.29) is 5.91 Å². The van der Waals surface area contributed by atoms with Crippen molar-refractivity contribution < 1.29 is 4.79 Å². The van der Waals surface area contributed by atoms with E-state index in [9.17, 15) is 4.79 Å². The van der Waals surface area contributed by atoms with Crippen LogP contribution in [0.2, 0.25) is 0 Å². The quantitative estimate of drug-likeness (QED) is 0.924. The fourth-order valence-corrected chi connectivity index (χ4v) is 5.76. The second-order valence-corrected chi connectivity index (χ2v) is 8.20. The monoisotopic (exact) mass is 312 g/mol. The standard InChI is InChI=1S/C18H20N2OS/c21-18(13-1-2-16-12(7-13)3-4-22-16)19-17-14-5-11-6-15(17)10-20(8-11)9-14/h1-4,7,11,14-15,17H,5-6,8-10H2,(H,19,21). The second kappa shape index (κ2) is 4.80. The molecule has 3 saturated heterocycles. The van der Waals surface area contributed by atoms with Crippen molar-refractivity contribution in [3.05, 3.63) is 35.2 Å². The summed E-state index contributed by atoms with van der Waals surface area (Å²) in [4.78, 5) is 15.3. The van der Waals surface area contributed by atoms with E-state index in [4.69, 9.17) is 0 Å². The van der Waals surface area contributed by atoms with Crippen LogP contribution in [0.3, 0.4) is 0 Å². The second-order valence-electron chi connectivity index (χ2n) is 7.25. The van der Waals surface area contributed by atoms with Gasteiger partial charge in [0.15, 0.2) is 0 Å². The van der Waals surface area contributed by atoms with E-state index < -0.39 is 0 Å². The largest absolute Gasteiger partial charge is 0.349 e. The smallest absolute Gasteiger partial charge is 0.251 e. The number of fused-ring (bicyclic) bond motifs is 1. The Balaban J connectivity index is 1.38. The first-order valence-corrected chi connectivity index (χ1v) is 9.15. The summed E-state index contributed by atoms with van der Waals surface area (Å²) in [5, 5.41) is 6.63. The normalized spacial score (nSPS) is 35.9. The Bertz CT molecular complexity index is 710. The zero-order valence-corrected chi connectivity index (χ0v) is 13.3. The van der Waals surface area contributed by atoms with E-state index in [1.54, 1.807) is 11.3 Å². The molecule has 114 valence electrons. The molecule has 2 unspecified atom stereocenters. The van der Waals surface area contributed by atoms with E-state index in [1.807, 2.05) is 12.1 Å². The SMILES string of the molecule is O=C(NC1C2CC3CC1CN(C3)C2)c1ccc2sccc2c1. The van der Waals surface area contributed by atoms with Crippen LogP contribution in [-0.2, 0) is 0 Å². The number of benzene rings is 1. The van der Waals surface area contributed by atoms with Gasteiger partial charge in [-0.2, -0.15) is 0 Å². The highest BCUT2D eigenvalue weighted by atomic mass is 32.1. The highest BCUT2D eigenvalue weighted by Gasteiger charge is 2.47. The van der Waals surface area contributed by atoms with Crippen molar-refractivity contribution in [2.24, 2.45) is 17.8 Å². The number of nitrogens with zero attached hydrogens (tertiary/aromatic N) is 1. The van der Waals surface area contributed by atoms with Crippen LogP contribution >= 0.6 is 11.3 Å². The van der Waals surface area contributed by atoms with Crippen molar-refractivity contribution in [1.29, 1.82) is 0 Å². The molecule has 1 aliphatic carbocycles. The molecule has 1 amide bonds. The molecule has 0 radical (unpaired) electrons. The minimum Gasteiger partial charge on any atom is -0.349 e. The van der Waals surface area contributed by atoms with E-state index in [0.29, 0.717) is 17.9 Å². The lowest BCUT2D eigenvalue weighted by Crippen LogP contribution is -2.64. The Hall–Kier alpha value is -1.39. The van der Waals surface area contributed by atoms with Crippen molar-refractivity contribution in [2.75, 3.05) is 19.6 Å². The van der Waals surface area contributed by atoms with E-state index in [1.165, 1.54) is 42.6 Å². The maximum Gasteiger partial charge on any atom is 0.251 e. The summed E-state index contributed by atoms with van der Waals surface area (Å²) in [6, 6.07) is 8.54.